The fourth-order valence-corrected chi connectivity index (χ4v) is 2.11. The van der Waals surface area contributed by atoms with Crippen LogP contribution in [0.1, 0.15) is 11.7 Å². The Morgan fingerprint density at radius 1 is 1.40 bits per heavy atom. The second kappa shape index (κ2) is 5.91. The summed E-state index contributed by atoms with van der Waals surface area (Å²) >= 11 is 0. The molecule has 20 heavy (non-hydrogen) atoms. The van der Waals surface area contributed by atoms with Gasteiger partial charge in [-0.25, -0.2) is 0 Å². The third-order valence-electron chi connectivity index (χ3n) is 3.07. The van der Waals surface area contributed by atoms with Crippen LogP contribution < -0.4 is 5.32 Å². The lowest BCUT2D eigenvalue weighted by molar-refractivity contribution is -0.383. The first kappa shape index (κ1) is 14.3. The van der Waals surface area contributed by atoms with E-state index in [1.54, 1.807) is 19.2 Å². The van der Waals surface area contributed by atoms with E-state index in [4.69, 9.17) is 0 Å². The minimum Gasteiger partial charge on any atom is -0.389 e. The van der Waals surface area contributed by atoms with Crippen LogP contribution in [-0.4, -0.2) is 39.8 Å². The van der Waals surface area contributed by atoms with Gasteiger partial charge in [0.2, 0.25) is 0 Å². The van der Waals surface area contributed by atoms with Gasteiger partial charge < -0.3 is 15.5 Å². The van der Waals surface area contributed by atoms with E-state index in [2.05, 4.69) is 10.3 Å². The van der Waals surface area contributed by atoms with Crippen LogP contribution in [0.15, 0.2) is 30.5 Å². The largest absolute Gasteiger partial charge is 0.389 e. The Hall–Kier alpha value is -2.09. The average molecular weight is 277 g/mol. The van der Waals surface area contributed by atoms with Crippen molar-refractivity contribution in [2.75, 3.05) is 13.6 Å². The Bertz CT molecular complexity index is 632. The Morgan fingerprint density at radius 3 is 2.80 bits per heavy atom. The molecular formula is C13H15N3O4. The minimum atomic E-state index is -1.17. The van der Waals surface area contributed by atoms with Gasteiger partial charge in [0.05, 0.1) is 21.9 Å². The predicted octanol–water partition coefficient (Wildman–Crippen LogP) is 0.757. The molecule has 1 aromatic heterocycles. The highest BCUT2D eigenvalue weighted by Gasteiger charge is 2.23. The second-order valence-corrected chi connectivity index (χ2v) is 4.40. The molecule has 0 bridgehead atoms. The molecule has 0 aliphatic rings. The molecule has 3 N–H and O–H groups in total. The highest BCUT2D eigenvalue weighted by Crippen LogP contribution is 2.31. The van der Waals surface area contributed by atoms with E-state index < -0.39 is 17.1 Å². The standard InChI is InChI=1S/C13H15N3O4/c1-14-7-11(17)13(18)9-4-5-10(16(19)20)8-3-2-6-15-12(8)9/h2-6,11,13-14,17-18H,7H2,1H3. The van der Waals surface area contributed by atoms with E-state index in [9.17, 15) is 20.3 Å². The molecule has 0 aliphatic heterocycles. The average Bonchev–Trinajstić information content (AvgIpc) is 2.45. The summed E-state index contributed by atoms with van der Waals surface area (Å²) in [6, 6.07) is 5.91. The Balaban J connectivity index is 2.56. The van der Waals surface area contributed by atoms with Crippen LogP contribution in [-0.2, 0) is 0 Å². The zero-order chi connectivity index (χ0) is 14.7. The number of pyridine rings is 1. The number of hydrogen-bond acceptors (Lipinski definition) is 6. The number of rotatable bonds is 5. The molecule has 2 unspecified atom stereocenters. The summed E-state index contributed by atoms with van der Waals surface area (Å²) in [7, 11) is 1.65. The Morgan fingerprint density at radius 2 is 2.15 bits per heavy atom. The molecule has 0 aliphatic carbocycles. The van der Waals surface area contributed by atoms with Gasteiger partial charge in [0.1, 0.15) is 6.10 Å². The molecule has 2 rings (SSSR count). The second-order valence-electron chi connectivity index (χ2n) is 4.40. The molecule has 0 saturated carbocycles. The van der Waals surface area contributed by atoms with Crippen LogP contribution in [0.5, 0.6) is 0 Å². The van der Waals surface area contributed by atoms with Crippen molar-refractivity contribution in [2.45, 2.75) is 12.2 Å². The zero-order valence-corrected chi connectivity index (χ0v) is 10.9. The number of nitro groups is 1. The first-order valence-corrected chi connectivity index (χ1v) is 6.09. The zero-order valence-electron chi connectivity index (χ0n) is 10.9. The molecule has 0 spiro atoms. The lowest BCUT2D eigenvalue weighted by Crippen LogP contribution is -2.29. The van der Waals surface area contributed by atoms with Crippen LogP contribution in [0.3, 0.4) is 0 Å². The number of hydrogen-bond donors (Lipinski definition) is 3. The summed E-state index contributed by atoms with van der Waals surface area (Å²) in [5.74, 6) is 0. The highest BCUT2D eigenvalue weighted by atomic mass is 16.6. The Kier molecular flexibility index (Phi) is 4.23. The molecule has 1 heterocycles. The van der Waals surface area contributed by atoms with E-state index >= 15 is 0 Å². The van der Waals surface area contributed by atoms with E-state index in [-0.39, 0.29) is 12.2 Å². The van der Waals surface area contributed by atoms with Crippen molar-refractivity contribution in [3.05, 3.63) is 46.1 Å². The molecule has 2 aromatic rings. The lowest BCUT2D eigenvalue weighted by Gasteiger charge is -2.18. The molecule has 0 radical (unpaired) electrons. The van der Waals surface area contributed by atoms with Crippen LogP contribution >= 0.6 is 0 Å². The molecule has 7 nitrogen and oxygen atoms in total. The minimum absolute atomic E-state index is 0.0767. The van der Waals surface area contributed by atoms with Crippen molar-refractivity contribution in [2.24, 2.45) is 0 Å². The molecule has 1 aromatic carbocycles. The highest BCUT2D eigenvalue weighted by molar-refractivity contribution is 5.90. The smallest absolute Gasteiger partial charge is 0.278 e. The quantitative estimate of drug-likeness (QED) is 0.550. The van der Waals surface area contributed by atoms with Gasteiger partial charge in [-0.05, 0) is 25.2 Å². The van der Waals surface area contributed by atoms with Gasteiger partial charge in [-0.3, -0.25) is 15.1 Å². The third kappa shape index (κ3) is 2.60. The van der Waals surface area contributed by atoms with Crippen molar-refractivity contribution in [1.82, 2.24) is 10.3 Å². The SMILES string of the molecule is CNCC(O)C(O)c1ccc([N+](=O)[O-])c2cccnc12. The van der Waals surface area contributed by atoms with Crippen molar-refractivity contribution in [3.8, 4) is 0 Å². The van der Waals surface area contributed by atoms with Gasteiger partial charge >= 0.3 is 0 Å². The molecule has 106 valence electrons. The molecular weight excluding hydrogens is 262 g/mol. The lowest BCUT2D eigenvalue weighted by atomic mass is 10.00. The normalized spacial score (nSPS) is 14.2. The topological polar surface area (TPSA) is 109 Å². The molecule has 0 saturated heterocycles. The number of nitrogens with zero attached hydrogens (tertiary/aromatic N) is 2. The third-order valence-corrected chi connectivity index (χ3v) is 3.07. The number of fused-ring (bicyclic) bond motifs is 1. The maximum absolute atomic E-state index is 11.0. The molecule has 0 fully saturated rings. The van der Waals surface area contributed by atoms with Gasteiger partial charge in [-0.15, -0.1) is 0 Å². The van der Waals surface area contributed by atoms with Crippen LogP contribution in [0.2, 0.25) is 0 Å². The van der Waals surface area contributed by atoms with Crippen molar-refractivity contribution in [1.29, 1.82) is 0 Å². The summed E-state index contributed by atoms with van der Waals surface area (Å²) in [5, 5.41) is 34.1. The summed E-state index contributed by atoms with van der Waals surface area (Å²) in [6.07, 6.45) is -0.695. The van der Waals surface area contributed by atoms with E-state index in [0.29, 0.717) is 16.5 Å². The van der Waals surface area contributed by atoms with Crippen molar-refractivity contribution in [3.63, 3.8) is 0 Å². The number of nitro benzene ring substituents is 1. The maximum Gasteiger partial charge on any atom is 0.278 e. The number of likely N-dealkylation sites (N-methyl/N-ethyl adjacent to an activating group) is 1. The van der Waals surface area contributed by atoms with E-state index in [1.165, 1.54) is 18.3 Å². The predicted molar refractivity (Wildman–Crippen MR) is 73.3 cm³/mol. The number of aliphatic hydroxyl groups excluding tert-OH is 2. The summed E-state index contributed by atoms with van der Waals surface area (Å²) < 4.78 is 0. The fraction of sp³-hybridized carbons (Fsp3) is 0.308. The number of benzene rings is 1. The van der Waals surface area contributed by atoms with Crippen molar-refractivity contribution < 1.29 is 15.1 Å². The van der Waals surface area contributed by atoms with Crippen LogP contribution in [0, 0.1) is 10.1 Å². The number of aromatic nitrogens is 1. The maximum atomic E-state index is 11.0. The van der Waals surface area contributed by atoms with Gasteiger partial charge in [-0.2, -0.15) is 0 Å². The summed E-state index contributed by atoms with van der Waals surface area (Å²) in [4.78, 5) is 14.6. The van der Waals surface area contributed by atoms with Crippen LogP contribution in [0.4, 0.5) is 5.69 Å². The number of aliphatic hydroxyl groups is 2. The van der Waals surface area contributed by atoms with Gasteiger partial charge in [0.15, 0.2) is 0 Å². The molecule has 7 heteroatoms. The fourth-order valence-electron chi connectivity index (χ4n) is 2.11. The number of non-ortho nitro benzene ring substituents is 1. The van der Waals surface area contributed by atoms with E-state index in [0.717, 1.165) is 0 Å². The summed E-state index contributed by atoms with van der Waals surface area (Å²) in [5.41, 5.74) is 0.616. The molecule has 0 amide bonds. The van der Waals surface area contributed by atoms with Gasteiger partial charge in [-0.1, -0.05) is 0 Å². The van der Waals surface area contributed by atoms with Crippen molar-refractivity contribution >= 4 is 16.6 Å². The van der Waals surface area contributed by atoms with Gasteiger partial charge in [0, 0.05) is 24.4 Å². The van der Waals surface area contributed by atoms with Crippen LogP contribution in [0.25, 0.3) is 10.9 Å². The first-order valence-electron chi connectivity index (χ1n) is 6.09. The van der Waals surface area contributed by atoms with E-state index in [1.807, 2.05) is 0 Å². The first-order chi connectivity index (χ1) is 9.56. The monoisotopic (exact) mass is 277 g/mol. The summed E-state index contributed by atoms with van der Waals surface area (Å²) in [6.45, 7) is 0.201. The van der Waals surface area contributed by atoms with Gasteiger partial charge in [0.25, 0.3) is 5.69 Å². The molecule has 2 atom stereocenters. The number of nitrogens with one attached hydrogen (secondary N) is 1. The Labute approximate surface area is 115 Å².